The summed E-state index contributed by atoms with van der Waals surface area (Å²) in [5, 5.41) is 0. The summed E-state index contributed by atoms with van der Waals surface area (Å²) < 4.78 is 5.68. The van der Waals surface area contributed by atoms with E-state index in [1.54, 1.807) is 4.90 Å². The normalized spacial score (nSPS) is 19.8. The molecule has 1 saturated heterocycles. The number of likely N-dealkylation sites (N-methyl/N-ethyl adjacent to an activating group) is 1. The monoisotopic (exact) mass is 272 g/mol. The van der Waals surface area contributed by atoms with Gasteiger partial charge in [0.15, 0.2) is 0 Å². The molecule has 1 aromatic carbocycles. The number of nitrogens with zero attached hydrogens (tertiary/aromatic N) is 2. The number of ether oxygens (including phenoxy) is 1. The van der Waals surface area contributed by atoms with Gasteiger partial charge in [0.1, 0.15) is 12.4 Å². The molecular formula is C16H20N2O2. The first-order valence-electron chi connectivity index (χ1n) is 6.80. The zero-order chi connectivity index (χ0) is 14.5. The smallest absolute Gasteiger partial charge is 0.239 e. The highest BCUT2D eigenvalue weighted by Gasteiger charge is 2.28. The second kappa shape index (κ2) is 6.44. The molecule has 0 aliphatic carbocycles. The number of hydrogen-bond donors (Lipinski definition) is 0. The Morgan fingerprint density at radius 3 is 2.70 bits per heavy atom. The van der Waals surface area contributed by atoms with Gasteiger partial charge in [-0.1, -0.05) is 5.92 Å². The number of rotatable bonds is 4. The predicted octanol–water partition coefficient (Wildman–Crippen LogP) is 1.21. The molecule has 0 saturated carbocycles. The van der Waals surface area contributed by atoms with Crippen molar-refractivity contribution in [2.75, 3.05) is 33.3 Å². The predicted molar refractivity (Wildman–Crippen MR) is 78.5 cm³/mol. The molecule has 0 unspecified atom stereocenters. The molecule has 1 heterocycles. The Morgan fingerprint density at radius 2 is 2.05 bits per heavy atom. The Kier molecular flexibility index (Phi) is 4.65. The van der Waals surface area contributed by atoms with Crippen LogP contribution in [-0.2, 0) is 4.79 Å². The van der Waals surface area contributed by atoms with Crippen LogP contribution < -0.4 is 4.74 Å². The van der Waals surface area contributed by atoms with Crippen LogP contribution in [0.3, 0.4) is 0 Å². The number of carbonyl (C=O) groups excluding carboxylic acids is 1. The Hall–Kier alpha value is -1.99. The lowest BCUT2D eigenvalue weighted by Gasteiger charge is -2.37. The lowest BCUT2D eigenvalue weighted by Crippen LogP contribution is -2.55. The molecule has 1 aromatic rings. The van der Waals surface area contributed by atoms with E-state index in [1.807, 2.05) is 38.2 Å². The third-order valence-corrected chi connectivity index (χ3v) is 3.67. The molecule has 0 spiro atoms. The quantitative estimate of drug-likeness (QED) is 0.772. The average molecular weight is 272 g/mol. The Balaban J connectivity index is 1.81. The lowest BCUT2D eigenvalue weighted by atomic mass is 10.2. The first-order chi connectivity index (χ1) is 9.61. The second-order valence-electron chi connectivity index (χ2n) is 4.99. The van der Waals surface area contributed by atoms with Crippen molar-refractivity contribution >= 4 is 5.91 Å². The van der Waals surface area contributed by atoms with Crippen molar-refractivity contribution in [3.05, 3.63) is 29.8 Å². The first-order valence-corrected chi connectivity index (χ1v) is 6.80. The molecule has 106 valence electrons. The largest absolute Gasteiger partial charge is 0.492 e. The number of terminal acetylenes is 1. The van der Waals surface area contributed by atoms with Gasteiger partial charge >= 0.3 is 0 Å². The molecule has 0 N–H and O–H groups in total. The van der Waals surface area contributed by atoms with E-state index in [9.17, 15) is 4.79 Å². The number of benzene rings is 1. The molecular weight excluding hydrogens is 252 g/mol. The van der Waals surface area contributed by atoms with Crippen molar-refractivity contribution in [3.63, 3.8) is 0 Å². The summed E-state index contributed by atoms with van der Waals surface area (Å²) in [4.78, 5) is 15.8. The third kappa shape index (κ3) is 3.31. The van der Waals surface area contributed by atoms with Crippen molar-refractivity contribution in [3.8, 4) is 18.1 Å². The fourth-order valence-electron chi connectivity index (χ4n) is 2.29. The molecule has 0 radical (unpaired) electrons. The highest BCUT2D eigenvalue weighted by Crippen LogP contribution is 2.13. The minimum atomic E-state index is -0.0684. The van der Waals surface area contributed by atoms with E-state index in [2.05, 4.69) is 10.8 Å². The van der Waals surface area contributed by atoms with Crippen LogP contribution in [0, 0.1) is 12.3 Å². The molecule has 0 bridgehead atoms. The van der Waals surface area contributed by atoms with E-state index in [0.717, 1.165) is 30.9 Å². The molecule has 1 aliphatic heterocycles. The van der Waals surface area contributed by atoms with E-state index >= 15 is 0 Å². The van der Waals surface area contributed by atoms with Crippen molar-refractivity contribution in [1.82, 2.24) is 9.80 Å². The summed E-state index contributed by atoms with van der Waals surface area (Å²) in [6, 6.07) is 7.39. The Labute approximate surface area is 120 Å². The number of amides is 1. The standard InChI is InChI=1S/C16H20N2O2/c1-4-14-5-7-15(8-6-14)20-12-11-18-10-9-17(3)16(19)13(18)2/h1,5-8,13H,9-12H2,2-3H3/t13-/m1/s1. The van der Waals surface area contributed by atoms with Gasteiger partial charge < -0.3 is 9.64 Å². The van der Waals surface area contributed by atoms with Gasteiger partial charge in [-0.05, 0) is 31.2 Å². The molecule has 1 amide bonds. The molecule has 0 aromatic heterocycles. The van der Waals surface area contributed by atoms with Crippen LogP contribution in [0.2, 0.25) is 0 Å². The van der Waals surface area contributed by atoms with E-state index in [1.165, 1.54) is 0 Å². The van der Waals surface area contributed by atoms with Gasteiger partial charge in [-0.2, -0.15) is 0 Å². The molecule has 4 nitrogen and oxygen atoms in total. The zero-order valence-electron chi connectivity index (χ0n) is 12.0. The fraction of sp³-hybridized carbons (Fsp3) is 0.438. The Bertz CT molecular complexity index is 504. The van der Waals surface area contributed by atoms with Crippen LogP contribution in [0.5, 0.6) is 5.75 Å². The van der Waals surface area contributed by atoms with Gasteiger partial charge in [0.25, 0.3) is 0 Å². The SMILES string of the molecule is C#Cc1ccc(OCCN2CCN(C)C(=O)[C@H]2C)cc1. The molecule has 20 heavy (non-hydrogen) atoms. The maximum Gasteiger partial charge on any atom is 0.239 e. The summed E-state index contributed by atoms with van der Waals surface area (Å²) >= 11 is 0. The third-order valence-electron chi connectivity index (χ3n) is 3.67. The highest BCUT2D eigenvalue weighted by atomic mass is 16.5. The molecule has 4 heteroatoms. The summed E-state index contributed by atoms with van der Waals surface area (Å²) in [5.74, 6) is 3.55. The van der Waals surface area contributed by atoms with Gasteiger partial charge in [-0.25, -0.2) is 0 Å². The van der Waals surface area contributed by atoms with E-state index in [0.29, 0.717) is 6.61 Å². The Morgan fingerprint density at radius 1 is 1.35 bits per heavy atom. The lowest BCUT2D eigenvalue weighted by molar-refractivity contribution is -0.139. The molecule has 1 fully saturated rings. The zero-order valence-corrected chi connectivity index (χ0v) is 12.0. The summed E-state index contributed by atoms with van der Waals surface area (Å²) in [7, 11) is 1.85. The average Bonchev–Trinajstić information content (AvgIpc) is 2.48. The minimum absolute atomic E-state index is 0.0684. The number of hydrogen-bond acceptors (Lipinski definition) is 3. The van der Waals surface area contributed by atoms with Crippen LogP contribution in [-0.4, -0.2) is 55.0 Å². The van der Waals surface area contributed by atoms with Crippen LogP contribution in [0.25, 0.3) is 0 Å². The van der Waals surface area contributed by atoms with E-state index in [-0.39, 0.29) is 11.9 Å². The minimum Gasteiger partial charge on any atom is -0.492 e. The van der Waals surface area contributed by atoms with Gasteiger partial charge in [-0.15, -0.1) is 6.42 Å². The van der Waals surface area contributed by atoms with E-state index < -0.39 is 0 Å². The highest BCUT2D eigenvalue weighted by molar-refractivity contribution is 5.81. The van der Waals surface area contributed by atoms with Crippen molar-refractivity contribution < 1.29 is 9.53 Å². The fourth-order valence-corrected chi connectivity index (χ4v) is 2.29. The van der Waals surface area contributed by atoms with Crippen LogP contribution >= 0.6 is 0 Å². The molecule has 1 atom stereocenters. The van der Waals surface area contributed by atoms with Gasteiger partial charge in [0.2, 0.25) is 5.91 Å². The van der Waals surface area contributed by atoms with Gasteiger partial charge in [0, 0.05) is 32.2 Å². The maximum absolute atomic E-state index is 11.9. The first kappa shape index (κ1) is 14.4. The van der Waals surface area contributed by atoms with Crippen LogP contribution in [0.1, 0.15) is 12.5 Å². The summed E-state index contributed by atoms with van der Waals surface area (Å²) in [5.41, 5.74) is 0.843. The number of piperazine rings is 1. The van der Waals surface area contributed by atoms with Crippen molar-refractivity contribution in [2.45, 2.75) is 13.0 Å². The summed E-state index contributed by atoms with van der Waals surface area (Å²) in [6.07, 6.45) is 5.30. The van der Waals surface area contributed by atoms with Gasteiger partial charge in [-0.3, -0.25) is 9.69 Å². The van der Waals surface area contributed by atoms with Gasteiger partial charge in [0.05, 0.1) is 6.04 Å². The summed E-state index contributed by atoms with van der Waals surface area (Å²) in [6.45, 7) is 4.93. The second-order valence-corrected chi connectivity index (χ2v) is 4.99. The molecule has 2 rings (SSSR count). The van der Waals surface area contributed by atoms with E-state index in [4.69, 9.17) is 11.2 Å². The van der Waals surface area contributed by atoms with Crippen LogP contribution in [0.4, 0.5) is 0 Å². The van der Waals surface area contributed by atoms with Crippen LogP contribution in [0.15, 0.2) is 24.3 Å². The topological polar surface area (TPSA) is 32.8 Å². The number of carbonyl (C=O) groups is 1. The van der Waals surface area contributed by atoms with Crippen molar-refractivity contribution in [1.29, 1.82) is 0 Å². The molecule has 1 aliphatic rings. The van der Waals surface area contributed by atoms with Crippen molar-refractivity contribution in [2.24, 2.45) is 0 Å². The maximum atomic E-state index is 11.9.